The fourth-order valence-electron chi connectivity index (χ4n) is 2.29. The summed E-state index contributed by atoms with van der Waals surface area (Å²) in [7, 11) is 3.96. The first kappa shape index (κ1) is 18.3. The van der Waals surface area contributed by atoms with Crippen LogP contribution in [0.4, 0.5) is 11.4 Å². The minimum absolute atomic E-state index is 0.0171. The van der Waals surface area contributed by atoms with E-state index in [0.29, 0.717) is 5.92 Å². The van der Waals surface area contributed by atoms with Gasteiger partial charge in [0.1, 0.15) is 5.75 Å². The van der Waals surface area contributed by atoms with Crippen LogP contribution in [0.1, 0.15) is 25.3 Å². The number of amides is 1. The predicted molar refractivity (Wildman–Crippen MR) is 103 cm³/mol. The smallest absolute Gasteiger partial charge is 0.262 e. The molecule has 24 heavy (non-hydrogen) atoms. The molecule has 0 bridgehead atoms. The standard InChI is InChI=1S/C19H23BrN2O2/c1-13(2)17-11-14(20)5-10-18(17)24-12-19(23)21-15-6-8-16(9-7-15)22(3)4/h5-11,13H,12H2,1-4H3,(H,21,23). The van der Waals surface area contributed by atoms with E-state index in [1.54, 1.807) is 0 Å². The number of anilines is 2. The van der Waals surface area contributed by atoms with Gasteiger partial charge in [0.2, 0.25) is 0 Å². The summed E-state index contributed by atoms with van der Waals surface area (Å²) in [6.07, 6.45) is 0. The molecule has 0 aliphatic carbocycles. The highest BCUT2D eigenvalue weighted by molar-refractivity contribution is 9.10. The average molecular weight is 391 g/mol. The van der Waals surface area contributed by atoms with Crippen molar-refractivity contribution in [1.82, 2.24) is 0 Å². The number of rotatable bonds is 6. The van der Waals surface area contributed by atoms with Crippen molar-refractivity contribution in [3.05, 3.63) is 52.5 Å². The Hall–Kier alpha value is -2.01. The molecule has 0 aliphatic heterocycles. The van der Waals surface area contributed by atoms with Gasteiger partial charge in [-0.3, -0.25) is 4.79 Å². The molecule has 128 valence electrons. The summed E-state index contributed by atoms with van der Waals surface area (Å²) in [6, 6.07) is 13.5. The van der Waals surface area contributed by atoms with Crippen LogP contribution in [0.5, 0.6) is 5.75 Å². The number of ether oxygens (including phenoxy) is 1. The second kappa shape index (κ2) is 8.20. The summed E-state index contributed by atoms with van der Waals surface area (Å²) in [6.45, 7) is 4.18. The van der Waals surface area contributed by atoms with E-state index in [2.05, 4.69) is 35.1 Å². The fraction of sp³-hybridized carbons (Fsp3) is 0.316. The molecule has 2 aromatic carbocycles. The van der Waals surface area contributed by atoms with Crippen molar-refractivity contribution in [2.75, 3.05) is 30.9 Å². The van der Waals surface area contributed by atoms with Crippen LogP contribution in [-0.2, 0) is 4.79 Å². The Labute approximate surface area is 151 Å². The third-order valence-corrected chi connectivity index (χ3v) is 4.11. The number of carbonyl (C=O) groups is 1. The van der Waals surface area contributed by atoms with Crippen LogP contribution in [0, 0.1) is 0 Å². The third kappa shape index (κ3) is 4.99. The lowest BCUT2D eigenvalue weighted by Gasteiger charge is -2.15. The second-order valence-corrected chi connectivity index (χ2v) is 7.03. The van der Waals surface area contributed by atoms with Crippen LogP contribution in [-0.4, -0.2) is 26.6 Å². The van der Waals surface area contributed by atoms with Gasteiger partial charge in [-0.2, -0.15) is 0 Å². The molecule has 0 radical (unpaired) electrons. The summed E-state index contributed by atoms with van der Waals surface area (Å²) in [5.74, 6) is 0.885. The molecule has 0 fully saturated rings. The Bertz CT molecular complexity index is 697. The topological polar surface area (TPSA) is 41.6 Å². The highest BCUT2D eigenvalue weighted by Gasteiger charge is 2.11. The minimum atomic E-state index is -0.176. The van der Waals surface area contributed by atoms with Gasteiger partial charge in [0.15, 0.2) is 6.61 Å². The summed E-state index contributed by atoms with van der Waals surface area (Å²) >= 11 is 3.47. The Balaban J connectivity index is 1.96. The summed E-state index contributed by atoms with van der Waals surface area (Å²) in [5.41, 5.74) is 2.92. The van der Waals surface area contributed by atoms with E-state index >= 15 is 0 Å². The summed E-state index contributed by atoms with van der Waals surface area (Å²) in [5, 5.41) is 2.85. The van der Waals surface area contributed by atoms with Crippen molar-refractivity contribution < 1.29 is 9.53 Å². The van der Waals surface area contributed by atoms with Crippen molar-refractivity contribution in [2.24, 2.45) is 0 Å². The van der Waals surface area contributed by atoms with Crippen molar-refractivity contribution in [3.8, 4) is 5.75 Å². The maximum Gasteiger partial charge on any atom is 0.262 e. The Morgan fingerprint density at radius 3 is 2.42 bits per heavy atom. The van der Waals surface area contributed by atoms with Crippen LogP contribution in [0.2, 0.25) is 0 Å². The van der Waals surface area contributed by atoms with Crippen LogP contribution < -0.4 is 15.0 Å². The Morgan fingerprint density at radius 2 is 1.83 bits per heavy atom. The number of hydrogen-bond acceptors (Lipinski definition) is 3. The molecule has 0 spiro atoms. The predicted octanol–water partition coefficient (Wildman–Crippen LogP) is 4.66. The molecule has 0 saturated carbocycles. The molecule has 2 aromatic rings. The van der Waals surface area contributed by atoms with E-state index in [-0.39, 0.29) is 12.5 Å². The molecule has 1 amide bonds. The van der Waals surface area contributed by atoms with E-state index in [0.717, 1.165) is 27.2 Å². The molecule has 0 saturated heterocycles. The normalized spacial score (nSPS) is 10.6. The molecule has 0 heterocycles. The lowest BCUT2D eigenvalue weighted by atomic mass is 10.0. The molecule has 0 aromatic heterocycles. The van der Waals surface area contributed by atoms with Gasteiger partial charge < -0.3 is 15.0 Å². The number of nitrogens with one attached hydrogen (secondary N) is 1. The fourth-order valence-corrected chi connectivity index (χ4v) is 2.66. The van der Waals surface area contributed by atoms with Crippen LogP contribution >= 0.6 is 15.9 Å². The quantitative estimate of drug-likeness (QED) is 0.779. The van der Waals surface area contributed by atoms with Crippen molar-refractivity contribution in [1.29, 1.82) is 0 Å². The minimum Gasteiger partial charge on any atom is -0.483 e. The number of halogens is 1. The molecule has 0 unspecified atom stereocenters. The molecule has 2 rings (SSSR count). The van der Waals surface area contributed by atoms with Gasteiger partial charge in [-0.05, 0) is 53.9 Å². The Kier molecular flexibility index (Phi) is 6.26. The van der Waals surface area contributed by atoms with Gasteiger partial charge in [-0.25, -0.2) is 0 Å². The van der Waals surface area contributed by atoms with E-state index in [1.807, 2.05) is 61.5 Å². The van der Waals surface area contributed by atoms with Crippen LogP contribution in [0.3, 0.4) is 0 Å². The lowest BCUT2D eigenvalue weighted by molar-refractivity contribution is -0.118. The zero-order chi connectivity index (χ0) is 17.7. The largest absolute Gasteiger partial charge is 0.483 e. The summed E-state index contributed by atoms with van der Waals surface area (Å²) < 4.78 is 6.71. The maximum absolute atomic E-state index is 12.1. The van der Waals surface area contributed by atoms with Gasteiger partial charge in [0.05, 0.1) is 0 Å². The first-order chi connectivity index (χ1) is 11.4. The van der Waals surface area contributed by atoms with Gasteiger partial charge in [0.25, 0.3) is 5.91 Å². The monoisotopic (exact) mass is 390 g/mol. The van der Waals surface area contributed by atoms with Crippen molar-refractivity contribution in [2.45, 2.75) is 19.8 Å². The van der Waals surface area contributed by atoms with Gasteiger partial charge >= 0.3 is 0 Å². The van der Waals surface area contributed by atoms with Gasteiger partial charge in [0, 0.05) is 29.9 Å². The van der Waals surface area contributed by atoms with Crippen LogP contribution in [0.25, 0.3) is 0 Å². The van der Waals surface area contributed by atoms with E-state index in [9.17, 15) is 4.79 Å². The number of hydrogen-bond donors (Lipinski definition) is 1. The molecule has 1 N–H and O–H groups in total. The zero-order valence-electron chi connectivity index (χ0n) is 14.5. The second-order valence-electron chi connectivity index (χ2n) is 6.12. The first-order valence-corrected chi connectivity index (χ1v) is 8.65. The third-order valence-electron chi connectivity index (χ3n) is 3.62. The lowest BCUT2D eigenvalue weighted by Crippen LogP contribution is -2.20. The van der Waals surface area contributed by atoms with E-state index in [1.165, 1.54) is 0 Å². The number of benzene rings is 2. The summed E-state index contributed by atoms with van der Waals surface area (Å²) in [4.78, 5) is 14.1. The first-order valence-electron chi connectivity index (χ1n) is 7.86. The van der Waals surface area contributed by atoms with Crippen molar-refractivity contribution in [3.63, 3.8) is 0 Å². The number of nitrogens with zero attached hydrogens (tertiary/aromatic N) is 1. The molecular weight excluding hydrogens is 368 g/mol. The average Bonchev–Trinajstić information content (AvgIpc) is 2.54. The van der Waals surface area contributed by atoms with Gasteiger partial charge in [-0.1, -0.05) is 29.8 Å². The molecular formula is C19H23BrN2O2. The molecule has 0 atom stereocenters. The highest BCUT2D eigenvalue weighted by Crippen LogP contribution is 2.29. The molecule has 5 heteroatoms. The van der Waals surface area contributed by atoms with Crippen molar-refractivity contribution >= 4 is 33.2 Å². The van der Waals surface area contributed by atoms with Gasteiger partial charge in [-0.15, -0.1) is 0 Å². The maximum atomic E-state index is 12.1. The van der Waals surface area contributed by atoms with E-state index < -0.39 is 0 Å². The molecule has 4 nitrogen and oxygen atoms in total. The van der Waals surface area contributed by atoms with E-state index in [4.69, 9.17) is 4.74 Å². The Morgan fingerprint density at radius 1 is 1.17 bits per heavy atom. The zero-order valence-corrected chi connectivity index (χ0v) is 16.1. The van der Waals surface area contributed by atoms with Crippen LogP contribution in [0.15, 0.2) is 46.9 Å². The highest BCUT2D eigenvalue weighted by atomic mass is 79.9. The number of carbonyl (C=O) groups excluding carboxylic acids is 1. The molecule has 0 aliphatic rings. The SMILES string of the molecule is CC(C)c1cc(Br)ccc1OCC(=O)Nc1ccc(N(C)C)cc1.